The van der Waals surface area contributed by atoms with Gasteiger partial charge in [0, 0.05) is 24.3 Å². The zero-order valence-electron chi connectivity index (χ0n) is 10.0. The van der Waals surface area contributed by atoms with E-state index in [-0.39, 0.29) is 5.91 Å². The first-order valence-electron chi connectivity index (χ1n) is 5.97. The van der Waals surface area contributed by atoms with Crippen molar-refractivity contribution < 1.29 is 9.90 Å². The molecule has 92 valence electrons. The van der Waals surface area contributed by atoms with Crippen molar-refractivity contribution in [3.05, 3.63) is 29.8 Å². The molecule has 0 unspecified atom stereocenters. The maximum Gasteiger partial charge on any atom is 0.239 e. The molecule has 1 amide bonds. The van der Waals surface area contributed by atoms with E-state index in [1.54, 1.807) is 6.92 Å². The molecule has 1 aliphatic heterocycles. The van der Waals surface area contributed by atoms with Crippen LogP contribution in [0.1, 0.15) is 25.0 Å². The monoisotopic (exact) mass is 234 g/mol. The first-order chi connectivity index (χ1) is 8.18. The third kappa shape index (κ3) is 2.77. The Morgan fingerprint density at radius 3 is 2.94 bits per heavy atom. The number of benzene rings is 1. The minimum absolute atomic E-state index is 0.0443. The predicted molar refractivity (Wildman–Crippen MR) is 66.9 cm³/mol. The standard InChI is InChI=1S/C13H18N2O2/c1-10(16)11-5-2-3-6-12(11)15-8-4-7-14-13(17)9-15/h2-3,5-6,10,16H,4,7-9H2,1H3,(H,14,17)/t10-/m0/s1. The first-order valence-corrected chi connectivity index (χ1v) is 5.97. The van der Waals surface area contributed by atoms with Gasteiger partial charge in [-0.1, -0.05) is 18.2 Å². The van der Waals surface area contributed by atoms with E-state index in [1.165, 1.54) is 0 Å². The van der Waals surface area contributed by atoms with Crippen molar-refractivity contribution in [2.45, 2.75) is 19.4 Å². The van der Waals surface area contributed by atoms with E-state index >= 15 is 0 Å². The minimum atomic E-state index is -0.516. The summed E-state index contributed by atoms with van der Waals surface area (Å²) in [4.78, 5) is 13.6. The number of hydrogen-bond donors (Lipinski definition) is 2. The van der Waals surface area contributed by atoms with Crippen molar-refractivity contribution in [1.29, 1.82) is 0 Å². The Bertz CT molecular complexity index is 404. The Morgan fingerprint density at radius 2 is 2.18 bits per heavy atom. The summed E-state index contributed by atoms with van der Waals surface area (Å²) < 4.78 is 0. The highest BCUT2D eigenvalue weighted by atomic mass is 16.3. The van der Waals surface area contributed by atoms with Crippen LogP contribution in [0.3, 0.4) is 0 Å². The number of rotatable bonds is 2. The average molecular weight is 234 g/mol. The molecule has 17 heavy (non-hydrogen) atoms. The smallest absolute Gasteiger partial charge is 0.239 e. The maximum atomic E-state index is 11.5. The summed E-state index contributed by atoms with van der Waals surface area (Å²) >= 11 is 0. The number of anilines is 1. The van der Waals surface area contributed by atoms with E-state index in [1.807, 2.05) is 29.2 Å². The van der Waals surface area contributed by atoms with Crippen molar-refractivity contribution in [2.75, 3.05) is 24.5 Å². The van der Waals surface area contributed by atoms with Crippen LogP contribution in [0.5, 0.6) is 0 Å². The molecule has 4 heteroatoms. The Balaban J connectivity index is 2.28. The van der Waals surface area contributed by atoms with Gasteiger partial charge in [-0.3, -0.25) is 4.79 Å². The summed E-state index contributed by atoms with van der Waals surface area (Å²) in [7, 11) is 0. The summed E-state index contributed by atoms with van der Waals surface area (Å²) in [5, 5.41) is 12.6. The molecule has 2 rings (SSSR count). The summed E-state index contributed by atoms with van der Waals surface area (Å²) in [5.74, 6) is 0.0443. The summed E-state index contributed by atoms with van der Waals surface area (Å²) in [5.41, 5.74) is 1.83. The van der Waals surface area contributed by atoms with Crippen molar-refractivity contribution in [3.63, 3.8) is 0 Å². The summed E-state index contributed by atoms with van der Waals surface area (Å²) in [6.07, 6.45) is 0.414. The van der Waals surface area contributed by atoms with E-state index in [0.29, 0.717) is 6.54 Å². The molecule has 1 heterocycles. The second kappa shape index (κ2) is 5.19. The molecule has 1 saturated heterocycles. The maximum absolute atomic E-state index is 11.5. The van der Waals surface area contributed by atoms with Crippen molar-refractivity contribution in [3.8, 4) is 0 Å². The zero-order chi connectivity index (χ0) is 12.3. The van der Waals surface area contributed by atoms with Crippen LogP contribution in [0, 0.1) is 0 Å². The van der Waals surface area contributed by atoms with Crippen LogP contribution in [-0.2, 0) is 4.79 Å². The number of nitrogens with zero attached hydrogens (tertiary/aromatic N) is 1. The fourth-order valence-electron chi connectivity index (χ4n) is 2.14. The van der Waals surface area contributed by atoms with Gasteiger partial charge in [0.15, 0.2) is 0 Å². The Kier molecular flexibility index (Phi) is 3.64. The summed E-state index contributed by atoms with van der Waals surface area (Å²) in [6.45, 7) is 3.68. The first kappa shape index (κ1) is 11.9. The number of aliphatic hydroxyl groups is 1. The highest BCUT2D eigenvalue weighted by Crippen LogP contribution is 2.26. The molecule has 0 radical (unpaired) electrons. The largest absolute Gasteiger partial charge is 0.389 e. The molecule has 1 aromatic carbocycles. The summed E-state index contributed by atoms with van der Waals surface area (Å²) in [6, 6.07) is 7.71. The number of carbonyl (C=O) groups is 1. The lowest BCUT2D eigenvalue weighted by molar-refractivity contribution is -0.119. The number of carbonyl (C=O) groups excluding carboxylic acids is 1. The van der Waals surface area contributed by atoms with Gasteiger partial charge in [0.05, 0.1) is 12.6 Å². The number of amides is 1. The lowest BCUT2D eigenvalue weighted by Gasteiger charge is -2.25. The van der Waals surface area contributed by atoms with E-state index in [4.69, 9.17) is 0 Å². The van der Waals surface area contributed by atoms with Crippen molar-refractivity contribution in [2.24, 2.45) is 0 Å². The van der Waals surface area contributed by atoms with E-state index in [2.05, 4.69) is 5.32 Å². The molecule has 1 aromatic rings. The van der Waals surface area contributed by atoms with Gasteiger partial charge in [0.2, 0.25) is 5.91 Å². The van der Waals surface area contributed by atoms with Crippen molar-refractivity contribution >= 4 is 11.6 Å². The van der Waals surface area contributed by atoms with Crippen molar-refractivity contribution in [1.82, 2.24) is 5.32 Å². The van der Waals surface area contributed by atoms with Gasteiger partial charge >= 0.3 is 0 Å². The van der Waals surface area contributed by atoms with E-state index < -0.39 is 6.10 Å². The highest BCUT2D eigenvalue weighted by Gasteiger charge is 2.18. The Hall–Kier alpha value is -1.55. The molecule has 0 aromatic heterocycles. The fourth-order valence-corrected chi connectivity index (χ4v) is 2.14. The molecule has 0 bridgehead atoms. The van der Waals surface area contributed by atoms with Crippen LogP contribution in [0.15, 0.2) is 24.3 Å². The topological polar surface area (TPSA) is 52.6 Å². The number of hydrogen-bond acceptors (Lipinski definition) is 3. The van der Waals surface area contributed by atoms with Gasteiger partial charge in [0.25, 0.3) is 0 Å². The fraction of sp³-hybridized carbons (Fsp3) is 0.462. The molecule has 2 N–H and O–H groups in total. The van der Waals surface area contributed by atoms with Crippen LogP contribution in [-0.4, -0.2) is 30.6 Å². The number of para-hydroxylation sites is 1. The van der Waals surface area contributed by atoms with Crippen LogP contribution >= 0.6 is 0 Å². The molecule has 0 aliphatic carbocycles. The highest BCUT2D eigenvalue weighted by molar-refractivity contribution is 5.82. The zero-order valence-corrected chi connectivity index (χ0v) is 10.0. The number of aliphatic hydroxyl groups excluding tert-OH is 1. The predicted octanol–water partition coefficient (Wildman–Crippen LogP) is 1.07. The molecule has 1 atom stereocenters. The normalized spacial score (nSPS) is 18.5. The van der Waals surface area contributed by atoms with Gasteiger partial charge in [0.1, 0.15) is 0 Å². The molecular formula is C13H18N2O2. The second-order valence-electron chi connectivity index (χ2n) is 4.36. The van der Waals surface area contributed by atoms with Crippen LogP contribution in [0.25, 0.3) is 0 Å². The second-order valence-corrected chi connectivity index (χ2v) is 4.36. The van der Waals surface area contributed by atoms with Crippen LogP contribution in [0.4, 0.5) is 5.69 Å². The third-order valence-electron chi connectivity index (χ3n) is 2.99. The lowest BCUT2D eigenvalue weighted by atomic mass is 10.1. The molecule has 1 fully saturated rings. The third-order valence-corrected chi connectivity index (χ3v) is 2.99. The van der Waals surface area contributed by atoms with Gasteiger partial charge < -0.3 is 15.3 Å². The molecular weight excluding hydrogens is 216 g/mol. The Morgan fingerprint density at radius 1 is 1.41 bits per heavy atom. The van der Waals surface area contributed by atoms with E-state index in [9.17, 15) is 9.90 Å². The SMILES string of the molecule is C[C@H](O)c1ccccc1N1CCCNC(=O)C1. The molecule has 0 saturated carbocycles. The molecule has 4 nitrogen and oxygen atoms in total. The minimum Gasteiger partial charge on any atom is -0.389 e. The number of nitrogens with one attached hydrogen (secondary N) is 1. The molecule has 0 spiro atoms. The lowest BCUT2D eigenvalue weighted by Crippen LogP contribution is -2.33. The van der Waals surface area contributed by atoms with Gasteiger partial charge in [-0.15, -0.1) is 0 Å². The molecule has 1 aliphatic rings. The van der Waals surface area contributed by atoms with Crippen LogP contribution < -0.4 is 10.2 Å². The average Bonchev–Trinajstić information content (AvgIpc) is 2.54. The van der Waals surface area contributed by atoms with E-state index in [0.717, 1.165) is 30.8 Å². The Labute approximate surface area is 101 Å². The van der Waals surface area contributed by atoms with Gasteiger partial charge in [-0.05, 0) is 19.4 Å². The van der Waals surface area contributed by atoms with Gasteiger partial charge in [-0.25, -0.2) is 0 Å². The van der Waals surface area contributed by atoms with Crippen LogP contribution in [0.2, 0.25) is 0 Å². The quantitative estimate of drug-likeness (QED) is 0.804. The van der Waals surface area contributed by atoms with Gasteiger partial charge in [-0.2, -0.15) is 0 Å².